The zero-order chi connectivity index (χ0) is 26.0. The molecule has 0 radical (unpaired) electrons. The van der Waals surface area contributed by atoms with Crippen LogP contribution in [0.1, 0.15) is 118 Å². The van der Waals surface area contributed by atoms with Crippen molar-refractivity contribution in [3.05, 3.63) is 12.2 Å². The number of allylic oxidation sites excluding steroid dienone is 2. The monoisotopic (exact) mass is 484 g/mol. The van der Waals surface area contributed by atoms with E-state index >= 15 is 0 Å². The number of quaternary nitrogens is 1. The minimum absolute atomic E-state index is 0.178. The molecule has 7 heteroatoms. The quantitative estimate of drug-likeness (QED) is 0.0950. The highest BCUT2D eigenvalue weighted by atomic mass is 16.4. The third kappa shape index (κ3) is 10.2. The number of hydrogen-bond acceptors (Lipinski definition) is 3. The van der Waals surface area contributed by atoms with E-state index in [1.807, 2.05) is 0 Å². The summed E-state index contributed by atoms with van der Waals surface area (Å²) in [6.45, 7) is 7.51. The van der Waals surface area contributed by atoms with Crippen LogP contribution >= 0.6 is 0 Å². The molecular weight excluding hydrogens is 434 g/mol. The lowest BCUT2D eigenvalue weighted by atomic mass is 9.94. The van der Waals surface area contributed by atoms with Crippen LogP contribution in [0, 0.1) is 0 Å². The molecule has 0 bridgehead atoms. The number of hydrogen-bond donors (Lipinski definition) is 3. The Morgan fingerprint density at radius 1 is 0.588 bits per heavy atom. The summed E-state index contributed by atoms with van der Waals surface area (Å²) in [7, 11) is 0. The van der Waals surface area contributed by atoms with Crippen molar-refractivity contribution in [1.82, 2.24) is 0 Å². The van der Waals surface area contributed by atoms with Crippen LogP contribution < -0.4 is 0 Å². The Kier molecular flexibility index (Phi) is 17.4. The number of carboxylic acid groups (broad SMARTS) is 3. The zero-order valence-electron chi connectivity index (χ0n) is 22.0. The number of rotatable bonds is 22. The van der Waals surface area contributed by atoms with Gasteiger partial charge in [-0.05, 0) is 19.3 Å². The van der Waals surface area contributed by atoms with Crippen molar-refractivity contribution < 1.29 is 34.2 Å². The van der Waals surface area contributed by atoms with E-state index in [9.17, 15) is 29.7 Å². The number of unbranched alkanes of at least 4 members (excludes halogenated alkanes) is 9. The Morgan fingerprint density at radius 2 is 0.941 bits per heavy atom. The van der Waals surface area contributed by atoms with E-state index in [1.165, 1.54) is 44.9 Å². The minimum atomic E-state index is -1.13. The first-order valence-corrected chi connectivity index (χ1v) is 13.4. The second-order valence-electron chi connectivity index (χ2n) is 9.38. The Balaban J connectivity index is 5.18. The fourth-order valence-corrected chi connectivity index (χ4v) is 5.39. The van der Waals surface area contributed by atoms with Gasteiger partial charge >= 0.3 is 17.9 Å². The van der Waals surface area contributed by atoms with E-state index in [0.717, 1.165) is 12.8 Å². The Hall–Kier alpha value is -1.89. The number of nitrogens with zero attached hydrogens (tertiary/aromatic N) is 1. The molecule has 3 unspecified atom stereocenters. The molecule has 3 atom stereocenters. The second kappa shape index (κ2) is 18.4. The van der Waals surface area contributed by atoms with Gasteiger partial charge in [-0.3, -0.25) is 4.48 Å². The molecule has 0 aromatic rings. The van der Waals surface area contributed by atoms with Gasteiger partial charge in [0, 0.05) is 25.7 Å². The van der Waals surface area contributed by atoms with Crippen LogP contribution in [0.2, 0.25) is 0 Å². The average molecular weight is 485 g/mol. The van der Waals surface area contributed by atoms with Crippen LogP contribution in [0.5, 0.6) is 0 Å². The van der Waals surface area contributed by atoms with Gasteiger partial charge in [0.1, 0.15) is 0 Å². The maximum absolute atomic E-state index is 12.2. The van der Waals surface area contributed by atoms with Gasteiger partial charge in [-0.25, -0.2) is 14.4 Å². The van der Waals surface area contributed by atoms with Crippen LogP contribution in [0.15, 0.2) is 12.2 Å². The van der Waals surface area contributed by atoms with Crippen LogP contribution in [0.25, 0.3) is 0 Å². The third-order valence-corrected chi connectivity index (χ3v) is 7.06. The average Bonchev–Trinajstić information content (AvgIpc) is 2.77. The molecule has 0 aromatic heterocycles. The van der Waals surface area contributed by atoms with Gasteiger partial charge < -0.3 is 15.3 Å². The van der Waals surface area contributed by atoms with Gasteiger partial charge in [-0.15, -0.1) is 0 Å². The lowest BCUT2D eigenvalue weighted by Crippen LogP contribution is -2.72. The predicted octanol–water partition coefficient (Wildman–Crippen LogP) is 6.26. The molecule has 0 aliphatic heterocycles. The zero-order valence-corrected chi connectivity index (χ0v) is 22.0. The van der Waals surface area contributed by atoms with Gasteiger partial charge in [0.2, 0.25) is 0 Å². The standard InChI is InChI=1S/C27H49NO6/c1-5-9-10-11-12-13-14-15-16-17-18-19-20-21-28(22(6-2)25(29)30,23(7-3)26(31)32)24(8-4)27(33)34/h17-18,22-24H,5-16,19-21H2,1-4H3,(H2-,29,30,31,32,33,34)/p+1/b18-17+. The number of carbonyl (C=O) groups is 3. The van der Waals surface area contributed by atoms with Gasteiger partial charge in [0.15, 0.2) is 18.1 Å². The van der Waals surface area contributed by atoms with E-state index < -0.39 is 40.5 Å². The van der Waals surface area contributed by atoms with Crippen LogP contribution in [0.3, 0.4) is 0 Å². The maximum Gasteiger partial charge on any atom is 0.362 e. The molecular formula is C27H50NO6+. The van der Waals surface area contributed by atoms with Gasteiger partial charge in [-0.1, -0.05) is 84.8 Å². The largest absolute Gasteiger partial charge is 0.477 e. The van der Waals surface area contributed by atoms with Crippen LogP contribution in [-0.2, 0) is 14.4 Å². The van der Waals surface area contributed by atoms with Crippen molar-refractivity contribution in [1.29, 1.82) is 0 Å². The van der Waals surface area contributed by atoms with Crippen LogP contribution in [0.4, 0.5) is 0 Å². The summed E-state index contributed by atoms with van der Waals surface area (Å²) in [6.07, 6.45) is 17.2. The van der Waals surface area contributed by atoms with Gasteiger partial charge in [0.25, 0.3) is 0 Å². The third-order valence-electron chi connectivity index (χ3n) is 7.06. The first kappa shape index (κ1) is 32.1. The molecule has 0 aliphatic rings. The van der Waals surface area contributed by atoms with Crippen molar-refractivity contribution in [3.8, 4) is 0 Å². The second-order valence-corrected chi connectivity index (χ2v) is 9.38. The molecule has 3 N–H and O–H groups in total. The minimum Gasteiger partial charge on any atom is -0.477 e. The molecule has 0 saturated heterocycles. The Morgan fingerprint density at radius 3 is 1.29 bits per heavy atom. The molecule has 0 aromatic carbocycles. The summed E-state index contributed by atoms with van der Waals surface area (Å²) in [4.78, 5) is 36.5. The van der Waals surface area contributed by atoms with E-state index in [-0.39, 0.29) is 25.8 Å². The summed E-state index contributed by atoms with van der Waals surface area (Å²) in [5.74, 6) is -3.40. The molecule has 34 heavy (non-hydrogen) atoms. The van der Waals surface area contributed by atoms with E-state index in [0.29, 0.717) is 12.8 Å². The topological polar surface area (TPSA) is 112 Å². The molecule has 0 heterocycles. The SMILES string of the molecule is CCCCCCCCCC/C=C/CCC[N+](C(CC)C(=O)O)(C(CC)C(=O)O)C(CC)C(=O)O. The molecule has 0 aliphatic carbocycles. The highest BCUT2D eigenvalue weighted by Crippen LogP contribution is 2.32. The van der Waals surface area contributed by atoms with Crippen molar-refractivity contribution >= 4 is 17.9 Å². The molecule has 0 fully saturated rings. The van der Waals surface area contributed by atoms with Crippen molar-refractivity contribution in [2.24, 2.45) is 0 Å². The van der Waals surface area contributed by atoms with Crippen molar-refractivity contribution in [3.63, 3.8) is 0 Å². The summed E-state index contributed by atoms with van der Waals surface area (Å²) in [5, 5.41) is 29.8. The Labute approximate surface area is 206 Å². The van der Waals surface area contributed by atoms with E-state index in [4.69, 9.17) is 0 Å². The fraction of sp³-hybridized carbons (Fsp3) is 0.815. The number of aliphatic carboxylic acids is 3. The summed E-state index contributed by atoms with van der Waals surface area (Å²) >= 11 is 0. The summed E-state index contributed by atoms with van der Waals surface area (Å²) in [5.41, 5.74) is 0. The van der Waals surface area contributed by atoms with E-state index in [2.05, 4.69) is 19.1 Å². The molecule has 0 saturated carbocycles. The molecule has 7 nitrogen and oxygen atoms in total. The van der Waals surface area contributed by atoms with Gasteiger partial charge in [0.05, 0.1) is 6.54 Å². The van der Waals surface area contributed by atoms with Crippen molar-refractivity contribution in [2.45, 2.75) is 136 Å². The molecule has 0 amide bonds. The Bertz CT molecular complexity index is 563. The first-order chi connectivity index (χ1) is 16.2. The smallest absolute Gasteiger partial charge is 0.362 e. The maximum atomic E-state index is 12.2. The molecule has 0 spiro atoms. The van der Waals surface area contributed by atoms with Crippen molar-refractivity contribution in [2.75, 3.05) is 6.54 Å². The van der Waals surface area contributed by atoms with Gasteiger partial charge in [-0.2, -0.15) is 0 Å². The summed E-state index contributed by atoms with van der Waals surface area (Å²) < 4.78 is -0.435. The molecule has 0 rings (SSSR count). The predicted molar refractivity (Wildman–Crippen MR) is 136 cm³/mol. The van der Waals surface area contributed by atoms with Crippen LogP contribution in [-0.4, -0.2) is 62.4 Å². The normalized spacial score (nSPS) is 16.1. The highest BCUT2D eigenvalue weighted by molar-refractivity contribution is 5.78. The molecule has 198 valence electrons. The first-order valence-electron chi connectivity index (χ1n) is 13.4. The summed E-state index contributed by atoms with van der Waals surface area (Å²) in [6, 6.07) is -3.24. The fourth-order valence-electron chi connectivity index (χ4n) is 5.39. The lowest BCUT2D eigenvalue weighted by Gasteiger charge is -2.49. The number of carboxylic acids is 3. The highest BCUT2D eigenvalue weighted by Gasteiger charge is 2.55. The van der Waals surface area contributed by atoms with E-state index in [1.54, 1.807) is 20.8 Å². The lowest BCUT2D eigenvalue weighted by molar-refractivity contribution is -0.973.